The zero-order valence-electron chi connectivity index (χ0n) is 15.6. The first kappa shape index (κ1) is 19.6. The molecule has 0 aliphatic carbocycles. The number of rotatable bonds is 6. The van der Waals surface area contributed by atoms with Gasteiger partial charge in [-0.25, -0.2) is 8.42 Å². The second-order valence-electron chi connectivity index (χ2n) is 6.88. The fourth-order valence-corrected chi connectivity index (χ4v) is 4.77. The Kier molecular flexibility index (Phi) is 6.29. The molecule has 1 aliphatic heterocycles. The predicted molar refractivity (Wildman–Crippen MR) is 107 cm³/mol. The van der Waals surface area contributed by atoms with Crippen molar-refractivity contribution < 1.29 is 13.2 Å². The molecule has 144 valence electrons. The normalized spacial score (nSPS) is 15.4. The highest BCUT2D eigenvalue weighted by molar-refractivity contribution is 7.89. The van der Waals surface area contributed by atoms with Crippen molar-refractivity contribution in [3.8, 4) is 0 Å². The van der Waals surface area contributed by atoms with Crippen molar-refractivity contribution in [2.45, 2.75) is 43.9 Å². The molecule has 0 radical (unpaired) electrons. The van der Waals surface area contributed by atoms with Gasteiger partial charge < -0.3 is 5.32 Å². The van der Waals surface area contributed by atoms with Gasteiger partial charge in [0.1, 0.15) is 0 Å². The average Bonchev–Trinajstić information content (AvgIpc) is 2.69. The first-order valence-electron chi connectivity index (χ1n) is 9.47. The van der Waals surface area contributed by atoms with Gasteiger partial charge in [-0.15, -0.1) is 0 Å². The number of benzene rings is 2. The number of carbonyl (C=O) groups is 1. The van der Waals surface area contributed by atoms with Crippen molar-refractivity contribution in [1.82, 2.24) is 4.31 Å². The Balaban J connectivity index is 1.61. The standard InChI is InChI=1S/C21H26N2O3S/c1-2-17-6-8-18(9-7-17)16-21(24)22-19-10-12-20(13-11-19)27(25,26)23-14-4-3-5-15-23/h6-13H,2-5,14-16H2,1H3,(H,22,24). The molecule has 0 unspecified atom stereocenters. The molecule has 1 N–H and O–H groups in total. The van der Waals surface area contributed by atoms with Gasteiger partial charge in [-0.1, -0.05) is 37.6 Å². The maximum absolute atomic E-state index is 12.7. The van der Waals surface area contributed by atoms with Gasteiger partial charge in [0.2, 0.25) is 15.9 Å². The Morgan fingerprint density at radius 3 is 2.11 bits per heavy atom. The van der Waals surface area contributed by atoms with Gasteiger partial charge in [0.05, 0.1) is 11.3 Å². The zero-order chi connectivity index (χ0) is 19.3. The molecule has 1 heterocycles. The number of hydrogen-bond acceptors (Lipinski definition) is 3. The maximum Gasteiger partial charge on any atom is 0.243 e. The van der Waals surface area contributed by atoms with Gasteiger partial charge in [0.25, 0.3) is 0 Å². The van der Waals surface area contributed by atoms with Crippen molar-refractivity contribution in [3.63, 3.8) is 0 Å². The molecule has 1 aliphatic rings. The van der Waals surface area contributed by atoms with Crippen LogP contribution in [0.1, 0.15) is 37.3 Å². The van der Waals surface area contributed by atoms with Crippen LogP contribution in [0.5, 0.6) is 0 Å². The van der Waals surface area contributed by atoms with Crippen molar-refractivity contribution in [1.29, 1.82) is 0 Å². The van der Waals surface area contributed by atoms with Crippen LogP contribution in [-0.2, 0) is 27.7 Å². The third-order valence-corrected chi connectivity index (χ3v) is 6.80. The minimum absolute atomic E-state index is 0.120. The number of nitrogens with zero attached hydrogens (tertiary/aromatic N) is 1. The van der Waals surface area contributed by atoms with E-state index in [1.807, 2.05) is 24.3 Å². The zero-order valence-corrected chi connectivity index (χ0v) is 16.5. The summed E-state index contributed by atoms with van der Waals surface area (Å²) >= 11 is 0. The Hall–Kier alpha value is -2.18. The molecule has 2 aromatic carbocycles. The molecule has 1 saturated heterocycles. The summed E-state index contributed by atoms with van der Waals surface area (Å²) in [7, 11) is -3.44. The summed E-state index contributed by atoms with van der Waals surface area (Å²) in [6, 6.07) is 14.4. The third-order valence-electron chi connectivity index (χ3n) is 4.89. The van der Waals surface area contributed by atoms with Gasteiger partial charge in [0, 0.05) is 18.8 Å². The second kappa shape index (κ2) is 8.67. The van der Waals surface area contributed by atoms with E-state index in [0.717, 1.165) is 31.2 Å². The summed E-state index contributed by atoms with van der Waals surface area (Å²) in [4.78, 5) is 12.5. The molecule has 0 aromatic heterocycles. The van der Waals surface area contributed by atoms with Crippen LogP contribution in [0.2, 0.25) is 0 Å². The summed E-state index contributed by atoms with van der Waals surface area (Å²) in [5.41, 5.74) is 2.79. The number of amides is 1. The molecule has 6 heteroatoms. The number of piperidine rings is 1. The molecule has 0 saturated carbocycles. The number of anilines is 1. The van der Waals surface area contributed by atoms with Crippen LogP contribution >= 0.6 is 0 Å². The average molecular weight is 387 g/mol. The van der Waals surface area contributed by atoms with Gasteiger partial charge in [-0.05, 0) is 54.7 Å². The number of hydrogen-bond donors (Lipinski definition) is 1. The van der Waals surface area contributed by atoms with E-state index < -0.39 is 10.0 Å². The molecule has 0 bridgehead atoms. The largest absolute Gasteiger partial charge is 0.326 e. The second-order valence-corrected chi connectivity index (χ2v) is 8.82. The van der Waals surface area contributed by atoms with Crippen LogP contribution in [0.4, 0.5) is 5.69 Å². The fourth-order valence-electron chi connectivity index (χ4n) is 3.25. The van der Waals surface area contributed by atoms with Crippen LogP contribution in [0, 0.1) is 0 Å². The highest BCUT2D eigenvalue weighted by atomic mass is 32.2. The number of nitrogens with one attached hydrogen (secondary N) is 1. The van der Waals surface area contributed by atoms with Crippen LogP contribution in [0.15, 0.2) is 53.4 Å². The summed E-state index contributed by atoms with van der Waals surface area (Å²) < 4.78 is 26.9. The lowest BCUT2D eigenvalue weighted by Crippen LogP contribution is -2.35. The molecule has 5 nitrogen and oxygen atoms in total. The Morgan fingerprint density at radius 2 is 1.52 bits per heavy atom. The minimum atomic E-state index is -3.44. The number of sulfonamides is 1. The highest BCUT2D eigenvalue weighted by Gasteiger charge is 2.25. The third kappa shape index (κ3) is 4.96. The first-order valence-corrected chi connectivity index (χ1v) is 10.9. The summed E-state index contributed by atoms with van der Waals surface area (Å²) in [5, 5.41) is 2.83. The van der Waals surface area contributed by atoms with E-state index in [4.69, 9.17) is 0 Å². The molecule has 3 rings (SSSR count). The van der Waals surface area contributed by atoms with E-state index >= 15 is 0 Å². The smallest absolute Gasteiger partial charge is 0.243 e. The van der Waals surface area contributed by atoms with Crippen molar-refractivity contribution in [2.75, 3.05) is 18.4 Å². The number of carbonyl (C=O) groups excluding carboxylic acids is 1. The fraction of sp³-hybridized carbons (Fsp3) is 0.381. The summed E-state index contributed by atoms with van der Waals surface area (Å²) in [6.45, 7) is 3.26. The first-order chi connectivity index (χ1) is 13.0. The quantitative estimate of drug-likeness (QED) is 0.825. The minimum Gasteiger partial charge on any atom is -0.326 e. The van der Waals surface area contributed by atoms with Crippen molar-refractivity contribution in [3.05, 3.63) is 59.7 Å². The number of aryl methyl sites for hydroxylation is 1. The molecule has 0 spiro atoms. The van der Waals surface area contributed by atoms with Gasteiger partial charge in [0.15, 0.2) is 0 Å². The Labute approximate surface area is 161 Å². The van der Waals surface area contributed by atoms with E-state index in [2.05, 4.69) is 12.2 Å². The summed E-state index contributed by atoms with van der Waals surface area (Å²) in [5.74, 6) is -0.120. The topological polar surface area (TPSA) is 66.5 Å². The Bertz CT molecular complexity index is 869. The predicted octanol–water partition coefficient (Wildman–Crippen LogP) is 3.60. The molecule has 2 aromatic rings. The van der Waals surface area contributed by atoms with Crippen LogP contribution in [-0.4, -0.2) is 31.7 Å². The Morgan fingerprint density at radius 1 is 0.926 bits per heavy atom. The molecule has 27 heavy (non-hydrogen) atoms. The van der Waals surface area contributed by atoms with E-state index in [9.17, 15) is 13.2 Å². The molecule has 0 atom stereocenters. The van der Waals surface area contributed by atoms with Gasteiger partial charge in [-0.3, -0.25) is 4.79 Å². The van der Waals surface area contributed by atoms with Gasteiger partial charge >= 0.3 is 0 Å². The monoisotopic (exact) mass is 386 g/mol. The van der Waals surface area contributed by atoms with Crippen LogP contribution in [0.25, 0.3) is 0 Å². The van der Waals surface area contributed by atoms with E-state index in [1.165, 1.54) is 5.56 Å². The van der Waals surface area contributed by atoms with Crippen LogP contribution in [0.3, 0.4) is 0 Å². The van der Waals surface area contributed by atoms with E-state index in [0.29, 0.717) is 18.8 Å². The van der Waals surface area contributed by atoms with Crippen molar-refractivity contribution >= 4 is 21.6 Å². The molecular formula is C21H26N2O3S. The SMILES string of the molecule is CCc1ccc(CC(=O)Nc2ccc(S(=O)(=O)N3CCCCC3)cc2)cc1. The lowest BCUT2D eigenvalue weighted by molar-refractivity contribution is -0.115. The maximum atomic E-state index is 12.7. The summed E-state index contributed by atoms with van der Waals surface area (Å²) in [6.07, 6.45) is 4.16. The highest BCUT2D eigenvalue weighted by Crippen LogP contribution is 2.22. The van der Waals surface area contributed by atoms with Crippen molar-refractivity contribution in [2.24, 2.45) is 0 Å². The molecular weight excluding hydrogens is 360 g/mol. The van der Waals surface area contributed by atoms with Gasteiger partial charge in [-0.2, -0.15) is 4.31 Å². The molecule has 1 amide bonds. The molecule has 1 fully saturated rings. The van der Waals surface area contributed by atoms with Crippen LogP contribution < -0.4 is 5.32 Å². The lowest BCUT2D eigenvalue weighted by Gasteiger charge is -2.25. The van der Waals surface area contributed by atoms with E-state index in [-0.39, 0.29) is 17.2 Å². The lowest BCUT2D eigenvalue weighted by atomic mass is 10.1. The van der Waals surface area contributed by atoms with E-state index in [1.54, 1.807) is 28.6 Å².